The van der Waals surface area contributed by atoms with Crippen molar-refractivity contribution in [2.24, 2.45) is 5.92 Å². The largest absolute Gasteiger partial charge is 0.492 e. The summed E-state index contributed by atoms with van der Waals surface area (Å²) >= 11 is 5.93. The number of likely N-dealkylation sites (N-methyl/N-ethyl adjacent to an activating group) is 1. The van der Waals surface area contributed by atoms with Crippen LogP contribution in [0.3, 0.4) is 0 Å². The summed E-state index contributed by atoms with van der Waals surface area (Å²) in [5.41, 5.74) is 0.464. The van der Waals surface area contributed by atoms with Gasteiger partial charge in [0.05, 0.1) is 6.54 Å². The molecule has 1 aliphatic heterocycles. The quantitative estimate of drug-likeness (QED) is 0.715. The summed E-state index contributed by atoms with van der Waals surface area (Å²) in [5, 5.41) is 0.605. The maximum Gasteiger partial charge on any atom is 0.253 e. The van der Waals surface area contributed by atoms with E-state index >= 15 is 0 Å². The molecule has 3 rings (SSSR count). The smallest absolute Gasteiger partial charge is 0.253 e. The van der Waals surface area contributed by atoms with Gasteiger partial charge in [0.1, 0.15) is 18.2 Å². The third kappa shape index (κ3) is 5.70. The van der Waals surface area contributed by atoms with Gasteiger partial charge in [-0.15, -0.1) is 0 Å². The summed E-state index contributed by atoms with van der Waals surface area (Å²) in [7, 11) is 1.76. The number of halogens is 2. The van der Waals surface area contributed by atoms with Crippen LogP contribution < -0.4 is 4.74 Å². The molecule has 2 amide bonds. The fourth-order valence-corrected chi connectivity index (χ4v) is 3.56. The molecule has 1 saturated heterocycles. The van der Waals surface area contributed by atoms with Crippen molar-refractivity contribution in [2.75, 3.05) is 33.3 Å². The molecule has 0 saturated carbocycles. The van der Waals surface area contributed by atoms with Gasteiger partial charge in [0, 0.05) is 36.6 Å². The number of hydrogen-bond acceptors (Lipinski definition) is 3. The average Bonchev–Trinajstić information content (AvgIpc) is 2.73. The van der Waals surface area contributed by atoms with E-state index in [2.05, 4.69) is 0 Å². The second-order valence-electron chi connectivity index (χ2n) is 7.14. The van der Waals surface area contributed by atoms with Gasteiger partial charge in [0.15, 0.2) is 0 Å². The zero-order valence-corrected chi connectivity index (χ0v) is 17.1. The van der Waals surface area contributed by atoms with Gasteiger partial charge in [-0.1, -0.05) is 17.7 Å². The Bertz CT molecular complexity index is 851. The SMILES string of the molecule is CN(CCOc1cccc(Cl)c1)C(=O)C1CCN(C(=O)c2ccc(F)cc2)CC1. The first-order valence-corrected chi connectivity index (χ1v) is 10.00. The highest BCUT2D eigenvalue weighted by Gasteiger charge is 2.29. The van der Waals surface area contributed by atoms with Crippen LogP contribution in [0, 0.1) is 11.7 Å². The summed E-state index contributed by atoms with van der Waals surface area (Å²) in [5.74, 6) is 0.135. The molecule has 0 spiro atoms. The molecule has 1 heterocycles. The van der Waals surface area contributed by atoms with E-state index in [1.54, 1.807) is 29.0 Å². The summed E-state index contributed by atoms with van der Waals surface area (Å²) in [6.45, 7) is 1.88. The number of carbonyl (C=O) groups excluding carboxylic acids is 2. The standard InChI is InChI=1S/C22H24ClFN2O3/c1-25(13-14-29-20-4-2-3-18(23)15-20)21(27)17-9-11-26(12-10-17)22(28)16-5-7-19(24)8-6-16/h2-8,15,17H,9-14H2,1H3. The van der Waals surface area contributed by atoms with Crippen LogP contribution in [0.25, 0.3) is 0 Å². The molecular formula is C22H24ClFN2O3. The third-order valence-corrected chi connectivity index (χ3v) is 5.33. The number of hydrogen-bond donors (Lipinski definition) is 0. The number of rotatable bonds is 6. The van der Waals surface area contributed by atoms with Crippen LogP contribution in [-0.4, -0.2) is 54.9 Å². The van der Waals surface area contributed by atoms with Crippen molar-refractivity contribution < 1.29 is 18.7 Å². The maximum absolute atomic E-state index is 13.0. The van der Waals surface area contributed by atoms with Crippen molar-refractivity contribution in [3.05, 3.63) is 64.9 Å². The van der Waals surface area contributed by atoms with Crippen molar-refractivity contribution in [1.82, 2.24) is 9.80 Å². The van der Waals surface area contributed by atoms with Gasteiger partial charge in [-0.05, 0) is 55.3 Å². The van der Waals surface area contributed by atoms with Gasteiger partial charge < -0.3 is 14.5 Å². The zero-order chi connectivity index (χ0) is 20.8. The van der Waals surface area contributed by atoms with E-state index in [1.807, 2.05) is 12.1 Å². The van der Waals surface area contributed by atoms with Crippen molar-refractivity contribution >= 4 is 23.4 Å². The first-order valence-electron chi connectivity index (χ1n) is 9.62. The van der Waals surface area contributed by atoms with Crippen LogP contribution in [0.1, 0.15) is 23.2 Å². The Morgan fingerprint density at radius 1 is 1.17 bits per heavy atom. The van der Waals surface area contributed by atoms with Crippen molar-refractivity contribution in [1.29, 1.82) is 0 Å². The predicted octanol–water partition coefficient (Wildman–Crippen LogP) is 3.87. The first kappa shape index (κ1) is 21.1. The Balaban J connectivity index is 1.44. The molecule has 1 fully saturated rings. The van der Waals surface area contributed by atoms with E-state index in [0.29, 0.717) is 55.4 Å². The lowest BCUT2D eigenvalue weighted by atomic mass is 9.95. The summed E-state index contributed by atoms with van der Waals surface area (Å²) in [6.07, 6.45) is 1.23. The van der Waals surface area contributed by atoms with Gasteiger partial charge in [0.25, 0.3) is 5.91 Å². The fraction of sp³-hybridized carbons (Fsp3) is 0.364. The number of piperidine rings is 1. The van der Waals surface area contributed by atoms with E-state index in [-0.39, 0.29) is 23.5 Å². The van der Waals surface area contributed by atoms with E-state index in [0.717, 1.165) is 0 Å². The normalized spacial score (nSPS) is 14.5. The van der Waals surface area contributed by atoms with Crippen molar-refractivity contribution in [3.8, 4) is 5.75 Å². The molecule has 5 nitrogen and oxygen atoms in total. The highest BCUT2D eigenvalue weighted by molar-refractivity contribution is 6.30. The Kier molecular flexibility index (Phi) is 7.09. The first-order chi connectivity index (χ1) is 13.9. The number of nitrogens with zero attached hydrogens (tertiary/aromatic N) is 2. The highest BCUT2D eigenvalue weighted by Crippen LogP contribution is 2.21. The summed E-state index contributed by atoms with van der Waals surface area (Å²) < 4.78 is 18.7. The minimum Gasteiger partial charge on any atom is -0.492 e. The van der Waals surface area contributed by atoms with E-state index in [1.165, 1.54) is 24.3 Å². The van der Waals surface area contributed by atoms with Crippen LogP contribution in [0.15, 0.2) is 48.5 Å². The lowest BCUT2D eigenvalue weighted by molar-refractivity contribution is -0.135. The molecule has 0 unspecified atom stereocenters. The van der Waals surface area contributed by atoms with Crippen LogP contribution in [0.2, 0.25) is 5.02 Å². The summed E-state index contributed by atoms with van der Waals surface area (Å²) in [4.78, 5) is 28.6. The van der Waals surface area contributed by atoms with E-state index in [4.69, 9.17) is 16.3 Å². The Hall–Kier alpha value is -2.60. The molecule has 29 heavy (non-hydrogen) atoms. The Morgan fingerprint density at radius 2 is 1.86 bits per heavy atom. The molecule has 0 aromatic heterocycles. The number of amides is 2. The number of ether oxygens (including phenoxy) is 1. The Labute approximate surface area is 175 Å². The van der Waals surface area contributed by atoms with E-state index < -0.39 is 0 Å². The van der Waals surface area contributed by atoms with Crippen LogP contribution >= 0.6 is 11.6 Å². The average molecular weight is 419 g/mol. The molecular weight excluding hydrogens is 395 g/mol. The highest BCUT2D eigenvalue weighted by atomic mass is 35.5. The monoisotopic (exact) mass is 418 g/mol. The number of benzene rings is 2. The molecule has 2 aromatic carbocycles. The molecule has 0 atom stereocenters. The Morgan fingerprint density at radius 3 is 2.52 bits per heavy atom. The van der Waals surface area contributed by atoms with Gasteiger partial charge in [0.2, 0.25) is 5.91 Å². The predicted molar refractivity (Wildman–Crippen MR) is 110 cm³/mol. The molecule has 0 N–H and O–H groups in total. The molecule has 2 aromatic rings. The molecule has 0 aliphatic carbocycles. The van der Waals surface area contributed by atoms with Crippen molar-refractivity contribution in [3.63, 3.8) is 0 Å². The zero-order valence-electron chi connectivity index (χ0n) is 16.3. The molecule has 154 valence electrons. The van der Waals surface area contributed by atoms with E-state index in [9.17, 15) is 14.0 Å². The van der Waals surface area contributed by atoms with Gasteiger partial charge in [-0.2, -0.15) is 0 Å². The molecule has 0 bridgehead atoms. The summed E-state index contributed by atoms with van der Waals surface area (Å²) in [6, 6.07) is 12.7. The van der Waals surface area contributed by atoms with Crippen LogP contribution in [0.4, 0.5) is 4.39 Å². The third-order valence-electron chi connectivity index (χ3n) is 5.09. The lowest BCUT2D eigenvalue weighted by Gasteiger charge is -2.33. The molecule has 0 radical (unpaired) electrons. The van der Waals surface area contributed by atoms with Crippen molar-refractivity contribution in [2.45, 2.75) is 12.8 Å². The van der Waals surface area contributed by atoms with Crippen LogP contribution in [-0.2, 0) is 4.79 Å². The van der Waals surface area contributed by atoms with Gasteiger partial charge >= 0.3 is 0 Å². The van der Waals surface area contributed by atoms with Crippen LogP contribution in [0.5, 0.6) is 5.75 Å². The topological polar surface area (TPSA) is 49.9 Å². The molecule has 7 heteroatoms. The second-order valence-corrected chi connectivity index (χ2v) is 7.58. The second kappa shape index (κ2) is 9.74. The fourth-order valence-electron chi connectivity index (χ4n) is 3.38. The molecule has 1 aliphatic rings. The van der Waals surface area contributed by atoms with Gasteiger partial charge in [-0.25, -0.2) is 4.39 Å². The lowest BCUT2D eigenvalue weighted by Crippen LogP contribution is -2.44. The minimum atomic E-state index is -0.367. The van der Waals surface area contributed by atoms with Gasteiger partial charge in [-0.3, -0.25) is 9.59 Å². The number of carbonyl (C=O) groups is 2. The maximum atomic E-state index is 13.0. The minimum absolute atomic E-state index is 0.0635. The number of likely N-dealkylation sites (tertiary alicyclic amines) is 1.